The van der Waals surface area contributed by atoms with Crippen molar-refractivity contribution in [2.75, 3.05) is 37.7 Å². The molecule has 0 bridgehead atoms. The maximum atomic E-state index is 12.8. The molecular weight excluding hydrogens is 366 g/mol. The van der Waals surface area contributed by atoms with Crippen molar-refractivity contribution in [1.82, 2.24) is 4.90 Å². The van der Waals surface area contributed by atoms with Gasteiger partial charge in [-0.3, -0.25) is 14.9 Å². The normalized spacial score (nSPS) is 25.4. The molecule has 0 saturated carbocycles. The second kappa shape index (κ2) is 8.14. The molecule has 1 aromatic rings. The van der Waals surface area contributed by atoms with Gasteiger partial charge in [0.15, 0.2) is 6.10 Å². The smallest absolute Gasteiger partial charge is 0.334 e. The fourth-order valence-electron chi connectivity index (χ4n) is 4.10. The van der Waals surface area contributed by atoms with Gasteiger partial charge in [-0.15, -0.1) is 0 Å². The standard InChI is InChI=1S/C19H25N3O6/c1-12-7-13(2)10-21(9-12)15-4-3-14(8-16(15)22(26)27)18(23)20-5-6-28-17(11-20)19(24)25/h3-4,8,12-13,17H,5-7,9-11H2,1-2H3,(H,24,25). The predicted molar refractivity (Wildman–Crippen MR) is 102 cm³/mol. The van der Waals surface area contributed by atoms with E-state index < -0.39 is 22.9 Å². The minimum Gasteiger partial charge on any atom is -0.479 e. The number of nitro benzene ring substituents is 1. The number of hydrogen-bond donors (Lipinski definition) is 1. The molecule has 3 rings (SSSR count). The first-order chi connectivity index (χ1) is 13.3. The Balaban J connectivity index is 1.85. The third kappa shape index (κ3) is 4.24. The van der Waals surface area contributed by atoms with E-state index >= 15 is 0 Å². The summed E-state index contributed by atoms with van der Waals surface area (Å²) in [5.41, 5.74) is 0.597. The van der Waals surface area contributed by atoms with E-state index in [0.29, 0.717) is 17.5 Å². The van der Waals surface area contributed by atoms with Crippen LogP contribution >= 0.6 is 0 Å². The van der Waals surface area contributed by atoms with Crippen LogP contribution in [-0.4, -0.2) is 65.7 Å². The molecular formula is C19H25N3O6. The molecule has 152 valence electrons. The number of rotatable bonds is 4. The molecule has 0 aromatic heterocycles. The number of aliphatic carboxylic acids is 1. The van der Waals surface area contributed by atoms with E-state index in [9.17, 15) is 19.7 Å². The highest BCUT2D eigenvalue weighted by atomic mass is 16.6. The summed E-state index contributed by atoms with van der Waals surface area (Å²) in [4.78, 5) is 38.5. The van der Waals surface area contributed by atoms with Crippen LogP contribution in [0.2, 0.25) is 0 Å². The Bertz CT molecular complexity index is 773. The van der Waals surface area contributed by atoms with Crippen LogP contribution in [0.15, 0.2) is 18.2 Å². The predicted octanol–water partition coefficient (Wildman–Crippen LogP) is 2.00. The second-order valence-corrected chi connectivity index (χ2v) is 7.76. The van der Waals surface area contributed by atoms with Crippen LogP contribution in [0.3, 0.4) is 0 Å². The first-order valence-corrected chi connectivity index (χ1v) is 9.43. The van der Waals surface area contributed by atoms with Gasteiger partial charge in [-0.1, -0.05) is 13.8 Å². The van der Waals surface area contributed by atoms with Crippen LogP contribution in [0.5, 0.6) is 0 Å². The number of nitrogens with zero attached hydrogens (tertiary/aromatic N) is 3. The summed E-state index contributed by atoms with van der Waals surface area (Å²) in [5.74, 6) is -0.686. The lowest BCUT2D eigenvalue weighted by molar-refractivity contribution is -0.384. The van der Waals surface area contributed by atoms with Gasteiger partial charge in [-0.2, -0.15) is 0 Å². The lowest BCUT2D eigenvalue weighted by Crippen LogP contribution is -2.48. The number of amides is 1. The lowest BCUT2D eigenvalue weighted by Gasteiger charge is -2.36. The third-order valence-corrected chi connectivity index (χ3v) is 5.26. The molecule has 9 nitrogen and oxygen atoms in total. The van der Waals surface area contributed by atoms with Crippen molar-refractivity contribution in [3.8, 4) is 0 Å². The van der Waals surface area contributed by atoms with Gasteiger partial charge in [0.05, 0.1) is 18.1 Å². The number of carboxylic acids is 1. The minimum atomic E-state index is -1.13. The summed E-state index contributed by atoms with van der Waals surface area (Å²) < 4.78 is 5.13. The van der Waals surface area contributed by atoms with Crippen LogP contribution < -0.4 is 4.90 Å². The Morgan fingerprint density at radius 3 is 2.50 bits per heavy atom. The molecule has 9 heteroatoms. The van der Waals surface area contributed by atoms with Gasteiger partial charge in [-0.25, -0.2) is 4.79 Å². The van der Waals surface area contributed by atoms with Gasteiger partial charge in [0, 0.05) is 31.3 Å². The fourth-order valence-corrected chi connectivity index (χ4v) is 4.10. The molecule has 0 radical (unpaired) electrons. The highest BCUT2D eigenvalue weighted by Gasteiger charge is 2.32. The number of nitro groups is 1. The van der Waals surface area contributed by atoms with Crippen molar-refractivity contribution in [2.24, 2.45) is 11.8 Å². The van der Waals surface area contributed by atoms with Crippen molar-refractivity contribution in [3.05, 3.63) is 33.9 Å². The first-order valence-electron chi connectivity index (χ1n) is 9.43. The largest absolute Gasteiger partial charge is 0.479 e. The fraction of sp³-hybridized carbons (Fsp3) is 0.579. The molecule has 0 aliphatic carbocycles. The molecule has 28 heavy (non-hydrogen) atoms. The van der Waals surface area contributed by atoms with Crippen molar-refractivity contribution >= 4 is 23.3 Å². The molecule has 1 amide bonds. The second-order valence-electron chi connectivity index (χ2n) is 7.76. The van der Waals surface area contributed by atoms with Gasteiger partial charge in [0.2, 0.25) is 0 Å². The molecule has 3 atom stereocenters. The Kier molecular flexibility index (Phi) is 5.83. The van der Waals surface area contributed by atoms with Crippen LogP contribution in [0, 0.1) is 22.0 Å². The van der Waals surface area contributed by atoms with E-state index in [-0.39, 0.29) is 30.9 Å². The van der Waals surface area contributed by atoms with E-state index in [1.807, 2.05) is 4.90 Å². The topological polar surface area (TPSA) is 113 Å². The number of anilines is 1. The molecule has 1 aromatic carbocycles. The number of piperidine rings is 1. The molecule has 2 heterocycles. The highest BCUT2D eigenvalue weighted by molar-refractivity contribution is 5.96. The third-order valence-electron chi connectivity index (χ3n) is 5.26. The lowest BCUT2D eigenvalue weighted by atomic mass is 9.91. The summed E-state index contributed by atoms with van der Waals surface area (Å²) in [6.45, 7) is 6.02. The first kappa shape index (κ1) is 20.1. The van der Waals surface area contributed by atoms with Crippen LogP contribution in [0.25, 0.3) is 0 Å². The van der Waals surface area contributed by atoms with Gasteiger partial charge in [0.25, 0.3) is 11.6 Å². The maximum absolute atomic E-state index is 12.8. The molecule has 2 saturated heterocycles. The number of carbonyl (C=O) groups is 2. The van der Waals surface area contributed by atoms with Gasteiger partial charge >= 0.3 is 5.97 Å². The summed E-state index contributed by atoms with van der Waals surface area (Å²) in [6, 6.07) is 4.51. The quantitative estimate of drug-likeness (QED) is 0.617. The van der Waals surface area contributed by atoms with Gasteiger partial charge in [-0.05, 0) is 30.4 Å². The molecule has 0 spiro atoms. The Hall–Kier alpha value is -2.68. The summed E-state index contributed by atoms with van der Waals surface area (Å²) in [6.07, 6.45) is 0.00566. The van der Waals surface area contributed by atoms with Crippen molar-refractivity contribution in [3.63, 3.8) is 0 Å². The van der Waals surface area contributed by atoms with Gasteiger partial charge in [0.1, 0.15) is 5.69 Å². The van der Waals surface area contributed by atoms with E-state index in [1.54, 1.807) is 12.1 Å². The molecule has 2 fully saturated rings. The Morgan fingerprint density at radius 2 is 1.89 bits per heavy atom. The molecule has 3 unspecified atom stereocenters. The Labute approximate surface area is 163 Å². The van der Waals surface area contributed by atoms with Crippen LogP contribution in [0.4, 0.5) is 11.4 Å². The van der Waals surface area contributed by atoms with E-state index in [1.165, 1.54) is 11.0 Å². The van der Waals surface area contributed by atoms with Crippen LogP contribution in [0.1, 0.15) is 30.6 Å². The van der Waals surface area contributed by atoms with Gasteiger partial charge < -0.3 is 19.6 Å². The molecule has 2 aliphatic rings. The number of ether oxygens (including phenoxy) is 1. The summed E-state index contributed by atoms with van der Waals surface area (Å²) >= 11 is 0. The highest BCUT2D eigenvalue weighted by Crippen LogP contribution is 2.34. The molecule has 1 N–H and O–H groups in total. The number of benzene rings is 1. The van der Waals surface area contributed by atoms with Crippen molar-refractivity contribution in [2.45, 2.75) is 26.4 Å². The van der Waals surface area contributed by atoms with Crippen LogP contribution in [-0.2, 0) is 9.53 Å². The average Bonchev–Trinajstić information content (AvgIpc) is 2.66. The maximum Gasteiger partial charge on any atom is 0.334 e. The zero-order valence-corrected chi connectivity index (χ0v) is 16.0. The van der Waals surface area contributed by atoms with E-state index in [2.05, 4.69) is 13.8 Å². The van der Waals surface area contributed by atoms with Crippen molar-refractivity contribution < 1.29 is 24.4 Å². The average molecular weight is 391 g/mol. The van der Waals surface area contributed by atoms with E-state index in [0.717, 1.165) is 19.5 Å². The summed E-state index contributed by atoms with van der Waals surface area (Å²) in [5, 5.41) is 20.8. The SMILES string of the molecule is CC1CC(C)CN(c2ccc(C(=O)N3CCOC(C(=O)O)C3)cc2[N+](=O)[O-])C1. The molecule has 2 aliphatic heterocycles. The zero-order valence-electron chi connectivity index (χ0n) is 16.0. The Morgan fingerprint density at radius 1 is 1.21 bits per heavy atom. The monoisotopic (exact) mass is 391 g/mol. The number of hydrogen-bond acceptors (Lipinski definition) is 6. The van der Waals surface area contributed by atoms with E-state index in [4.69, 9.17) is 9.84 Å². The summed E-state index contributed by atoms with van der Waals surface area (Å²) in [7, 11) is 0. The number of carbonyl (C=O) groups excluding carboxylic acids is 1. The minimum absolute atomic E-state index is 0.0785. The zero-order chi connectivity index (χ0) is 20.4. The number of carboxylic acid groups (broad SMARTS) is 1. The van der Waals surface area contributed by atoms with Crippen molar-refractivity contribution in [1.29, 1.82) is 0 Å². The number of morpholine rings is 1.